The number of hydrogen-bond donors (Lipinski definition) is 2. The quantitative estimate of drug-likeness (QED) is 0.406. The Labute approximate surface area is 188 Å². The van der Waals surface area contributed by atoms with Crippen molar-refractivity contribution in [3.05, 3.63) is 87.7 Å². The number of nitrogens with one attached hydrogen (secondary N) is 1. The lowest BCUT2D eigenvalue weighted by atomic mass is 10.0. The molecule has 0 saturated heterocycles. The summed E-state index contributed by atoms with van der Waals surface area (Å²) in [5.41, 5.74) is 4.82. The molecule has 7 nitrogen and oxygen atoms in total. The Morgan fingerprint density at radius 3 is 2.42 bits per heavy atom. The van der Waals surface area contributed by atoms with Gasteiger partial charge in [-0.05, 0) is 77.4 Å². The highest BCUT2D eigenvalue weighted by atomic mass is 79.9. The Morgan fingerprint density at radius 2 is 1.74 bits per heavy atom. The van der Waals surface area contributed by atoms with Crippen LogP contribution in [-0.2, 0) is 0 Å². The van der Waals surface area contributed by atoms with Crippen LogP contribution in [0.25, 0.3) is 5.69 Å². The number of nitrogens with zero attached hydrogens (tertiary/aromatic N) is 4. The second-order valence-corrected chi connectivity index (χ2v) is 8.12. The minimum atomic E-state index is -0.398. The van der Waals surface area contributed by atoms with Crippen LogP contribution in [-0.4, -0.2) is 32.4 Å². The number of aryl methyl sites for hydroxylation is 2. The number of hydrogen-bond acceptors (Lipinski definition) is 6. The van der Waals surface area contributed by atoms with Gasteiger partial charge in [-0.3, -0.25) is 0 Å². The van der Waals surface area contributed by atoms with Gasteiger partial charge in [0.2, 0.25) is 0 Å². The van der Waals surface area contributed by atoms with Gasteiger partial charge >= 0.3 is 0 Å². The topological polar surface area (TPSA) is 85.1 Å². The molecule has 0 bridgehead atoms. The van der Waals surface area contributed by atoms with Crippen molar-refractivity contribution in [1.82, 2.24) is 20.2 Å². The fourth-order valence-corrected chi connectivity index (χ4v) is 3.82. The molecular formula is C23H22BrN5O2. The molecule has 1 aromatic heterocycles. The van der Waals surface area contributed by atoms with Crippen molar-refractivity contribution in [1.29, 1.82) is 0 Å². The summed E-state index contributed by atoms with van der Waals surface area (Å²) in [4.78, 5) is 0. The molecule has 0 aliphatic rings. The molecule has 3 aromatic carbocycles. The van der Waals surface area contributed by atoms with Crippen molar-refractivity contribution in [3.63, 3.8) is 0 Å². The molecule has 2 N–H and O–H groups in total. The van der Waals surface area contributed by atoms with E-state index in [9.17, 15) is 5.11 Å². The Hall–Kier alpha value is -3.39. The maximum absolute atomic E-state index is 10.1. The first-order valence-electron chi connectivity index (χ1n) is 9.72. The molecular weight excluding hydrogens is 458 g/mol. The first-order chi connectivity index (χ1) is 15.0. The molecule has 0 radical (unpaired) electrons. The van der Waals surface area contributed by atoms with Crippen LogP contribution in [0.15, 0.2) is 65.1 Å². The third kappa shape index (κ3) is 4.25. The lowest BCUT2D eigenvalue weighted by Crippen LogP contribution is -2.19. The van der Waals surface area contributed by atoms with E-state index in [4.69, 9.17) is 4.74 Å². The number of rotatable bonds is 6. The molecule has 1 unspecified atom stereocenters. The number of para-hydroxylation sites is 1. The second-order valence-electron chi connectivity index (χ2n) is 7.20. The normalized spacial score (nSPS) is 11.9. The van der Waals surface area contributed by atoms with Crippen LogP contribution in [0.1, 0.15) is 28.6 Å². The monoisotopic (exact) mass is 479 g/mol. The summed E-state index contributed by atoms with van der Waals surface area (Å²) in [6.07, 6.45) is 0. The summed E-state index contributed by atoms with van der Waals surface area (Å²) in [6.45, 7) is 4.07. The van der Waals surface area contributed by atoms with Crippen LogP contribution in [0.5, 0.6) is 11.5 Å². The summed E-state index contributed by atoms with van der Waals surface area (Å²) >= 11 is 3.47. The molecule has 8 heteroatoms. The van der Waals surface area contributed by atoms with Crippen LogP contribution in [0.3, 0.4) is 0 Å². The average Bonchev–Trinajstić information content (AvgIpc) is 3.23. The lowest BCUT2D eigenvalue weighted by Gasteiger charge is -2.21. The van der Waals surface area contributed by atoms with Crippen LogP contribution in [0.4, 0.5) is 5.69 Å². The Balaban J connectivity index is 1.86. The maximum Gasteiger partial charge on any atom is 0.183 e. The summed E-state index contributed by atoms with van der Waals surface area (Å²) in [6, 6.07) is 18.8. The lowest BCUT2D eigenvalue weighted by molar-refractivity contribution is 0.373. The van der Waals surface area contributed by atoms with Crippen molar-refractivity contribution < 1.29 is 9.84 Å². The zero-order valence-corrected chi connectivity index (χ0v) is 19.0. The predicted molar refractivity (Wildman–Crippen MR) is 123 cm³/mol. The maximum atomic E-state index is 10.1. The van der Waals surface area contributed by atoms with Gasteiger partial charge in [0.05, 0.1) is 12.8 Å². The number of tetrazole rings is 1. The summed E-state index contributed by atoms with van der Waals surface area (Å²) < 4.78 is 8.08. The highest BCUT2D eigenvalue weighted by molar-refractivity contribution is 9.10. The molecule has 0 aliphatic carbocycles. The van der Waals surface area contributed by atoms with E-state index in [0.717, 1.165) is 32.5 Å². The Kier molecular flexibility index (Phi) is 5.90. The molecule has 0 aliphatic heterocycles. The van der Waals surface area contributed by atoms with Crippen molar-refractivity contribution in [2.75, 3.05) is 12.4 Å². The zero-order chi connectivity index (χ0) is 22.0. The number of phenolic OH excluding ortho intramolecular Hbond substituents is 1. The van der Waals surface area contributed by atoms with Gasteiger partial charge in [0.15, 0.2) is 17.3 Å². The molecule has 0 amide bonds. The van der Waals surface area contributed by atoms with Crippen molar-refractivity contribution >= 4 is 21.6 Å². The Morgan fingerprint density at radius 1 is 1.03 bits per heavy atom. The molecule has 158 valence electrons. The zero-order valence-electron chi connectivity index (χ0n) is 17.4. The van der Waals surface area contributed by atoms with Crippen LogP contribution in [0.2, 0.25) is 0 Å². The minimum absolute atomic E-state index is 0.0722. The van der Waals surface area contributed by atoms with E-state index in [-0.39, 0.29) is 5.75 Å². The van der Waals surface area contributed by atoms with Crippen LogP contribution < -0.4 is 10.1 Å². The molecule has 0 fully saturated rings. The molecule has 1 atom stereocenters. The van der Waals surface area contributed by atoms with Gasteiger partial charge in [-0.15, -0.1) is 5.10 Å². The number of halogens is 1. The fourth-order valence-electron chi connectivity index (χ4n) is 3.56. The highest BCUT2D eigenvalue weighted by Gasteiger charge is 2.24. The van der Waals surface area contributed by atoms with Gasteiger partial charge < -0.3 is 15.2 Å². The third-order valence-corrected chi connectivity index (χ3v) is 5.62. The number of anilines is 1. The minimum Gasteiger partial charge on any atom is -0.504 e. The van der Waals surface area contributed by atoms with E-state index >= 15 is 0 Å². The van der Waals surface area contributed by atoms with Crippen LogP contribution >= 0.6 is 15.9 Å². The standard InChI is InChI=1S/C23H22BrN5O2/c1-14-5-4-6-15(2)22(14)29-23(26-27-28-29)21(25-18-10-8-17(24)9-11-18)16-7-12-19(30)20(13-16)31-3/h4-13,21,25,30H,1-3H3. The highest BCUT2D eigenvalue weighted by Crippen LogP contribution is 2.34. The summed E-state index contributed by atoms with van der Waals surface area (Å²) in [5, 5.41) is 26.2. The molecule has 4 rings (SSSR count). The van der Waals surface area contributed by atoms with Gasteiger partial charge in [0.1, 0.15) is 6.04 Å². The van der Waals surface area contributed by atoms with Crippen LogP contribution in [0, 0.1) is 13.8 Å². The Bertz CT molecular complexity index is 1190. The molecule has 1 heterocycles. The smallest absolute Gasteiger partial charge is 0.183 e. The molecule has 0 saturated carbocycles. The fraction of sp³-hybridized carbons (Fsp3) is 0.174. The number of benzene rings is 3. The third-order valence-electron chi connectivity index (χ3n) is 5.10. The first-order valence-corrected chi connectivity index (χ1v) is 10.5. The summed E-state index contributed by atoms with van der Waals surface area (Å²) in [5.74, 6) is 1.07. The van der Waals surface area contributed by atoms with E-state index in [0.29, 0.717) is 11.6 Å². The van der Waals surface area contributed by atoms with Crippen molar-refractivity contribution in [2.45, 2.75) is 19.9 Å². The average molecular weight is 480 g/mol. The van der Waals surface area contributed by atoms with Gasteiger partial charge in [0, 0.05) is 10.2 Å². The van der Waals surface area contributed by atoms with Gasteiger partial charge in [-0.25, -0.2) is 0 Å². The van der Waals surface area contributed by atoms with E-state index < -0.39 is 6.04 Å². The summed E-state index contributed by atoms with van der Waals surface area (Å²) in [7, 11) is 1.52. The predicted octanol–water partition coefficient (Wildman–Crippen LogP) is 4.96. The van der Waals surface area contributed by atoms with Crippen molar-refractivity contribution in [2.24, 2.45) is 0 Å². The number of methoxy groups -OCH3 is 1. The van der Waals surface area contributed by atoms with Crippen molar-refractivity contribution in [3.8, 4) is 17.2 Å². The number of ether oxygens (including phenoxy) is 1. The largest absolute Gasteiger partial charge is 0.504 e. The second kappa shape index (κ2) is 8.77. The van der Waals surface area contributed by atoms with E-state index in [1.54, 1.807) is 16.8 Å². The number of phenols is 1. The first kappa shape index (κ1) is 20.9. The number of aromatic hydroxyl groups is 1. The van der Waals surface area contributed by atoms with E-state index in [1.165, 1.54) is 7.11 Å². The SMILES string of the molecule is COc1cc(C(Nc2ccc(Br)cc2)c2nnnn2-c2c(C)cccc2C)ccc1O. The molecule has 31 heavy (non-hydrogen) atoms. The number of aromatic nitrogens is 4. The van der Waals surface area contributed by atoms with E-state index in [2.05, 4.69) is 36.8 Å². The van der Waals surface area contributed by atoms with Gasteiger partial charge in [-0.2, -0.15) is 4.68 Å². The molecule has 4 aromatic rings. The molecule has 0 spiro atoms. The van der Waals surface area contributed by atoms with Gasteiger partial charge in [0.25, 0.3) is 0 Å². The van der Waals surface area contributed by atoms with E-state index in [1.807, 2.05) is 62.4 Å². The van der Waals surface area contributed by atoms with Gasteiger partial charge in [-0.1, -0.05) is 40.2 Å².